The lowest BCUT2D eigenvalue weighted by Crippen LogP contribution is -2.30. The molecule has 2 heterocycles. The third-order valence-corrected chi connectivity index (χ3v) is 3.35. The SMILES string of the molecule is Clc1ccc2c(c1)NC1CCOCC21. The third kappa shape index (κ3) is 1.22. The summed E-state index contributed by atoms with van der Waals surface area (Å²) in [6.45, 7) is 1.71. The molecular weight excluding hydrogens is 198 g/mol. The molecule has 2 aliphatic rings. The van der Waals surface area contributed by atoms with Gasteiger partial charge in [-0.1, -0.05) is 17.7 Å². The summed E-state index contributed by atoms with van der Waals surface area (Å²) in [4.78, 5) is 0. The Morgan fingerprint density at radius 1 is 1.43 bits per heavy atom. The van der Waals surface area contributed by atoms with E-state index >= 15 is 0 Å². The number of benzene rings is 1. The summed E-state index contributed by atoms with van der Waals surface area (Å²) >= 11 is 5.95. The van der Waals surface area contributed by atoms with Crippen LogP contribution >= 0.6 is 11.6 Å². The van der Waals surface area contributed by atoms with E-state index in [1.165, 1.54) is 11.3 Å². The molecule has 2 nitrogen and oxygen atoms in total. The average Bonchev–Trinajstić information content (AvgIpc) is 2.54. The molecule has 0 saturated carbocycles. The van der Waals surface area contributed by atoms with E-state index in [2.05, 4.69) is 11.4 Å². The summed E-state index contributed by atoms with van der Waals surface area (Å²) in [5, 5.41) is 4.31. The zero-order chi connectivity index (χ0) is 9.54. The predicted octanol–water partition coefficient (Wildman–Crippen LogP) is 2.64. The summed E-state index contributed by atoms with van der Waals surface area (Å²) in [5.74, 6) is 0.524. The van der Waals surface area contributed by atoms with Crippen LogP contribution in [0.1, 0.15) is 17.9 Å². The summed E-state index contributed by atoms with van der Waals surface area (Å²) in [6.07, 6.45) is 1.09. The van der Waals surface area contributed by atoms with Crippen LogP contribution in [-0.4, -0.2) is 19.3 Å². The molecule has 2 unspecified atom stereocenters. The fourth-order valence-electron chi connectivity index (χ4n) is 2.39. The Kier molecular flexibility index (Phi) is 1.92. The van der Waals surface area contributed by atoms with Crippen LogP contribution in [0.15, 0.2) is 18.2 Å². The Morgan fingerprint density at radius 3 is 3.29 bits per heavy atom. The van der Waals surface area contributed by atoms with Crippen molar-refractivity contribution in [1.82, 2.24) is 0 Å². The molecule has 0 aromatic heterocycles. The van der Waals surface area contributed by atoms with Crippen molar-refractivity contribution in [3.8, 4) is 0 Å². The van der Waals surface area contributed by atoms with Gasteiger partial charge < -0.3 is 10.1 Å². The topological polar surface area (TPSA) is 21.3 Å². The lowest BCUT2D eigenvalue weighted by Gasteiger charge is -2.25. The molecular formula is C11H12ClNO. The van der Waals surface area contributed by atoms with Crippen LogP contribution in [0, 0.1) is 0 Å². The second-order valence-electron chi connectivity index (χ2n) is 3.95. The predicted molar refractivity (Wildman–Crippen MR) is 57.0 cm³/mol. The first-order valence-corrected chi connectivity index (χ1v) is 5.36. The van der Waals surface area contributed by atoms with Gasteiger partial charge >= 0.3 is 0 Å². The van der Waals surface area contributed by atoms with Crippen molar-refractivity contribution in [2.24, 2.45) is 0 Å². The van der Waals surface area contributed by atoms with Gasteiger partial charge in [0.1, 0.15) is 0 Å². The molecule has 0 amide bonds. The van der Waals surface area contributed by atoms with Crippen LogP contribution in [0.3, 0.4) is 0 Å². The van der Waals surface area contributed by atoms with Crippen LogP contribution in [0.5, 0.6) is 0 Å². The Morgan fingerprint density at radius 2 is 2.36 bits per heavy atom. The molecule has 0 aliphatic carbocycles. The van der Waals surface area contributed by atoms with Crippen molar-refractivity contribution in [1.29, 1.82) is 0 Å². The van der Waals surface area contributed by atoms with Crippen LogP contribution in [0.2, 0.25) is 5.02 Å². The molecule has 0 bridgehead atoms. The van der Waals surface area contributed by atoms with E-state index in [-0.39, 0.29) is 0 Å². The minimum absolute atomic E-state index is 0.524. The summed E-state index contributed by atoms with van der Waals surface area (Å²) in [6, 6.07) is 6.63. The Bertz CT molecular complexity index is 366. The zero-order valence-corrected chi connectivity index (χ0v) is 8.55. The molecule has 3 heteroatoms. The minimum atomic E-state index is 0.524. The van der Waals surface area contributed by atoms with Gasteiger partial charge in [-0.05, 0) is 24.1 Å². The largest absolute Gasteiger partial charge is 0.381 e. The standard InChI is InChI=1S/C11H12ClNO/c12-7-1-2-8-9-6-14-4-3-10(9)13-11(8)5-7/h1-2,5,9-10,13H,3-4,6H2. The van der Waals surface area contributed by atoms with Crippen molar-refractivity contribution in [3.05, 3.63) is 28.8 Å². The number of hydrogen-bond acceptors (Lipinski definition) is 2. The monoisotopic (exact) mass is 209 g/mol. The van der Waals surface area contributed by atoms with Crippen molar-refractivity contribution in [2.45, 2.75) is 18.4 Å². The second kappa shape index (κ2) is 3.14. The molecule has 3 rings (SSSR count). The summed E-state index contributed by atoms with van der Waals surface area (Å²) in [5.41, 5.74) is 2.55. The van der Waals surface area contributed by atoms with E-state index in [0.717, 1.165) is 24.7 Å². The molecule has 1 aromatic carbocycles. The first-order valence-electron chi connectivity index (χ1n) is 4.98. The molecule has 14 heavy (non-hydrogen) atoms. The van der Waals surface area contributed by atoms with E-state index in [1.807, 2.05) is 12.1 Å². The molecule has 1 N–H and O–H groups in total. The van der Waals surface area contributed by atoms with Gasteiger partial charge in [-0.25, -0.2) is 0 Å². The maximum Gasteiger partial charge on any atom is 0.0555 e. The van der Waals surface area contributed by atoms with Gasteiger partial charge in [0.05, 0.1) is 6.61 Å². The second-order valence-corrected chi connectivity index (χ2v) is 4.39. The highest BCUT2D eigenvalue weighted by Gasteiger charge is 2.34. The molecule has 2 atom stereocenters. The van der Waals surface area contributed by atoms with E-state index in [1.54, 1.807) is 0 Å². The van der Waals surface area contributed by atoms with Gasteiger partial charge in [0.15, 0.2) is 0 Å². The molecule has 0 spiro atoms. The highest BCUT2D eigenvalue weighted by Crippen LogP contribution is 2.40. The summed E-state index contributed by atoms with van der Waals surface area (Å²) in [7, 11) is 0. The smallest absolute Gasteiger partial charge is 0.0555 e. The third-order valence-electron chi connectivity index (χ3n) is 3.11. The Labute approximate surface area is 88.2 Å². The highest BCUT2D eigenvalue weighted by molar-refractivity contribution is 6.30. The fourth-order valence-corrected chi connectivity index (χ4v) is 2.57. The van der Waals surface area contributed by atoms with E-state index in [0.29, 0.717) is 12.0 Å². The fraction of sp³-hybridized carbons (Fsp3) is 0.455. The van der Waals surface area contributed by atoms with Gasteiger partial charge in [-0.2, -0.15) is 0 Å². The number of ether oxygens (including phenoxy) is 1. The minimum Gasteiger partial charge on any atom is -0.381 e. The van der Waals surface area contributed by atoms with Crippen LogP contribution in [0.25, 0.3) is 0 Å². The molecule has 0 radical (unpaired) electrons. The maximum atomic E-state index is 5.95. The van der Waals surface area contributed by atoms with Crippen LogP contribution in [0.4, 0.5) is 5.69 Å². The van der Waals surface area contributed by atoms with Gasteiger partial charge in [0, 0.05) is 29.3 Å². The molecule has 2 aliphatic heterocycles. The van der Waals surface area contributed by atoms with Gasteiger partial charge in [-0.3, -0.25) is 0 Å². The van der Waals surface area contributed by atoms with Crippen LogP contribution in [-0.2, 0) is 4.74 Å². The van der Waals surface area contributed by atoms with Gasteiger partial charge in [-0.15, -0.1) is 0 Å². The number of fused-ring (bicyclic) bond motifs is 3. The Hall–Kier alpha value is -0.730. The zero-order valence-electron chi connectivity index (χ0n) is 7.79. The van der Waals surface area contributed by atoms with Crippen molar-refractivity contribution in [3.63, 3.8) is 0 Å². The molecule has 74 valence electrons. The number of rotatable bonds is 0. The van der Waals surface area contributed by atoms with Crippen molar-refractivity contribution >= 4 is 17.3 Å². The lowest BCUT2D eigenvalue weighted by molar-refractivity contribution is 0.0769. The quantitative estimate of drug-likeness (QED) is 0.710. The molecule has 1 aromatic rings. The summed E-state index contributed by atoms with van der Waals surface area (Å²) < 4.78 is 5.50. The van der Waals surface area contributed by atoms with E-state index < -0.39 is 0 Å². The first kappa shape index (κ1) is 8.57. The number of halogens is 1. The first-order chi connectivity index (χ1) is 6.84. The lowest BCUT2D eigenvalue weighted by atomic mass is 9.93. The van der Waals surface area contributed by atoms with Crippen LogP contribution < -0.4 is 5.32 Å². The van der Waals surface area contributed by atoms with E-state index in [9.17, 15) is 0 Å². The van der Waals surface area contributed by atoms with E-state index in [4.69, 9.17) is 16.3 Å². The Balaban J connectivity index is 2.01. The molecule has 1 saturated heterocycles. The molecule has 1 fully saturated rings. The van der Waals surface area contributed by atoms with Crippen molar-refractivity contribution < 1.29 is 4.74 Å². The average molecular weight is 210 g/mol. The highest BCUT2D eigenvalue weighted by atomic mass is 35.5. The number of anilines is 1. The van der Waals surface area contributed by atoms with Crippen molar-refractivity contribution in [2.75, 3.05) is 18.5 Å². The van der Waals surface area contributed by atoms with Gasteiger partial charge in [0.2, 0.25) is 0 Å². The van der Waals surface area contributed by atoms with Gasteiger partial charge in [0.25, 0.3) is 0 Å². The number of nitrogens with one attached hydrogen (secondary N) is 1. The maximum absolute atomic E-state index is 5.95. The normalized spacial score (nSPS) is 29.2. The number of hydrogen-bond donors (Lipinski definition) is 1.